The number of β-amino-alcohol motifs (C(OH)–C–C–N with tert-alkyl or cyclic N) is 1. The summed E-state index contributed by atoms with van der Waals surface area (Å²) in [6, 6.07) is 0.999. The molecule has 0 radical (unpaired) electrons. The summed E-state index contributed by atoms with van der Waals surface area (Å²) in [7, 11) is -0.429. The summed E-state index contributed by atoms with van der Waals surface area (Å²) in [6.45, 7) is 11.2. The van der Waals surface area contributed by atoms with E-state index in [4.69, 9.17) is 19.3 Å². The van der Waals surface area contributed by atoms with E-state index >= 15 is 0 Å². The molecular weight excluding hydrogens is 367 g/mol. The van der Waals surface area contributed by atoms with Crippen molar-refractivity contribution in [1.29, 1.82) is 0 Å². The monoisotopic (exact) mass is 402 g/mol. The highest BCUT2D eigenvalue weighted by Gasteiger charge is 2.52. The number of likely N-dealkylation sites (tertiary alicyclic amines) is 1. The summed E-state index contributed by atoms with van der Waals surface area (Å²) in [4.78, 5) is 14.2. The standard InChI is InChI=1S/C21H35BN4O3/c1-20(2)21(3,4)29-22(28-20)16-13-23-19(24-14-16)26(17-8-9-17)15-18-7-5-6-10-25(18)11-12-27/h13-14,17-18,27H,5-12,15H2,1-4H3/t18-/m1/s1. The number of hydrogen-bond acceptors (Lipinski definition) is 7. The van der Waals surface area contributed by atoms with Crippen LogP contribution >= 0.6 is 0 Å². The smallest absolute Gasteiger partial charge is 0.399 e. The summed E-state index contributed by atoms with van der Waals surface area (Å²) >= 11 is 0. The van der Waals surface area contributed by atoms with E-state index in [1.807, 2.05) is 12.4 Å². The maximum absolute atomic E-state index is 9.41. The second-order valence-corrected chi connectivity index (χ2v) is 9.70. The van der Waals surface area contributed by atoms with Gasteiger partial charge in [-0.2, -0.15) is 0 Å². The first-order valence-corrected chi connectivity index (χ1v) is 11.1. The molecule has 0 bridgehead atoms. The van der Waals surface area contributed by atoms with E-state index in [0.717, 1.165) is 31.0 Å². The molecule has 160 valence electrons. The zero-order chi connectivity index (χ0) is 20.6. The third kappa shape index (κ3) is 4.45. The Kier molecular flexibility index (Phi) is 5.90. The number of piperidine rings is 1. The van der Waals surface area contributed by atoms with Crippen molar-refractivity contribution in [1.82, 2.24) is 14.9 Å². The Labute approximate surface area is 174 Å². The summed E-state index contributed by atoms with van der Waals surface area (Å²) in [5.41, 5.74) is 0.129. The van der Waals surface area contributed by atoms with Gasteiger partial charge in [0.15, 0.2) is 0 Å². The SMILES string of the molecule is CC1(C)OB(c2cnc(N(C[C@H]3CCCCN3CCO)C3CC3)nc2)OC1(C)C. The Bertz CT molecular complexity index is 678. The van der Waals surface area contributed by atoms with Crippen LogP contribution in [0.3, 0.4) is 0 Å². The van der Waals surface area contributed by atoms with E-state index < -0.39 is 7.12 Å². The lowest BCUT2D eigenvalue weighted by Gasteiger charge is -2.38. The van der Waals surface area contributed by atoms with Crippen LogP contribution in [0.25, 0.3) is 0 Å². The van der Waals surface area contributed by atoms with E-state index in [1.54, 1.807) is 0 Å². The van der Waals surface area contributed by atoms with Gasteiger partial charge in [0.25, 0.3) is 0 Å². The first-order valence-electron chi connectivity index (χ1n) is 11.1. The molecular formula is C21H35BN4O3. The van der Waals surface area contributed by atoms with Gasteiger partial charge in [0.2, 0.25) is 5.95 Å². The molecule has 1 saturated carbocycles. The van der Waals surface area contributed by atoms with E-state index in [9.17, 15) is 5.11 Å². The highest BCUT2D eigenvalue weighted by atomic mass is 16.7. The fraction of sp³-hybridized carbons (Fsp3) is 0.810. The zero-order valence-electron chi connectivity index (χ0n) is 18.3. The lowest BCUT2D eigenvalue weighted by Crippen LogP contribution is -2.49. The molecule has 29 heavy (non-hydrogen) atoms. The van der Waals surface area contributed by atoms with Crippen molar-refractivity contribution < 1.29 is 14.4 Å². The van der Waals surface area contributed by atoms with Crippen LogP contribution < -0.4 is 10.4 Å². The quantitative estimate of drug-likeness (QED) is 0.695. The van der Waals surface area contributed by atoms with Gasteiger partial charge in [0.05, 0.1) is 17.8 Å². The lowest BCUT2D eigenvalue weighted by atomic mass is 9.81. The molecule has 0 spiro atoms. The average Bonchev–Trinajstić information content (AvgIpc) is 3.48. The minimum atomic E-state index is -0.429. The van der Waals surface area contributed by atoms with E-state index in [0.29, 0.717) is 12.1 Å². The average molecular weight is 402 g/mol. The van der Waals surface area contributed by atoms with Gasteiger partial charge in [0.1, 0.15) is 0 Å². The molecule has 8 heteroatoms. The van der Waals surface area contributed by atoms with Crippen molar-refractivity contribution >= 4 is 18.5 Å². The van der Waals surface area contributed by atoms with Crippen molar-refractivity contribution in [2.45, 2.75) is 83.1 Å². The first-order chi connectivity index (χ1) is 13.8. The van der Waals surface area contributed by atoms with Gasteiger partial charge in [-0.15, -0.1) is 0 Å². The van der Waals surface area contributed by atoms with Crippen molar-refractivity contribution in [3.63, 3.8) is 0 Å². The third-order valence-electron chi connectivity index (χ3n) is 6.97. The van der Waals surface area contributed by atoms with Gasteiger partial charge in [-0.25, -0.2) is 9.97 Å². The maximum atomic E-state index is 9.41. The summed E-state index contributed by atoms with van der Waals surface area (Å²) in [6.07, 6.45) is 9.77. The van der Waals surface area contributed by atoms with Gasteiger partial charge < -0.3 is 19.3 Å². The number of hydrogen-bond donors (Lipinski definition) is 1. The van der Waals surface area contributed by atoms with Crippen molar-refractivity contribution in [3.8, 4) is 0 Å². The first kappa shape index (κ1) is 21.0. The molecule has 1 aromatic heterocycles. The third-order valence-corrected chi connectivity index (χ3v) is 6.97. The van der Waals surface area contributed by atoms with Gasteiger partial charge in [-0.05, 0) is 59.9 Å². The molecule has 3 fully saturated rings. The number of aliphatic hydroxyl groups excluding tert-OH is 1. The van der Waals surface area contributed by atoms with Gasteiger partial charge in [-0.3, -0.25) is 4.90 Å². The second-order valence-electron chi connectivity index (χ2n) is 9.70. The van der Waals surface area contributed by atoms with E-state index in [-0.39, 0.29) is 17.8 Å². The molecule has 0 aromatic carbocycles. The largest absolute Gasteiger partial charge is 0.498 e. The normalized spacial score (nSPS) is 26.7. The fourth-order valence-electron chi connectivity index (χ4n) is 4.28. The molecule has 0 amide bonds. The molecule has 3 aliphatic rings. The van der Waals surface area contributed by atoms with E-state index in [2.05, 4.69) is 37.5 Å². The number of anilines is 1. The maximum Gasteiger partial charge on any atom is 0.498 e. The van der Waals surface area contributed by atoms with Crippen molar-refractivity contribution in [2.24, 2.45) is 0 Å². The Morgan fingerprint density at radius 1 is 1.10 bits per heavy atom. The Morgan fingerprint density at radius 3 is 2.34 bits per heavy atom. The van der Waals surface area contributed by atoms with Crippen LogP contribution in [0.1, 0.15) is 59.8 Å². The zero-order valence-corrected chi connectivity index (χ0v) is 18.3. The molecule has 4 rings (SSSR count). The highest BCUT2D eigenvalue weighted by molar-refractivity contribution is 6.61. The molecule has 1 aliphatic carbocycles. The van der Waals surface area contributed by atoms with Crippen LogP contribution in [0.2, 0.25) is 0 Å². The van der Waals surface area contributed by atoms with Crippen molar-refractivity contribution in [3.05, 3.63) is 12.4 Å². The van der Waals surface area contributed by atoms with E-state index in [1.165, 1.54) is 32.1 Å². The van der Waals surface area contributed by atoms with Crippen LogP contribution in [-0.2, 0) is 9.31 Å². The van der Waals surface area contributed by atoms with Crippen molar-refractivity contribution in [2.75, 3.05) is 31.1 Å². The lowest BCUT2D eigenvalue weighted by molar-refractivity contribution is 0.00578. The number of nitrogens with zero attached hydrogens (tertiary/aromatic N) is 4. The van der Waals surface area contributed by atoms with Gasteiger partial charge >= 0.3 is 7.12 Å². The van der Waals surface area contributed by atoms with Crippen LogP contribution in [0.15, 0.2) is 12.4 Å². The highest BCUT2D eigenvalue weighted by Crippen LogP contribution is 2.36. The molecule has 1 atom stereocenters. The summed E-state index contributed by atoms with van der Waals surface area (Å²) in [5, 5.41) is 9.41. The predicted octanol–water partition coefficient (Wildman–Crippen LogP) is 1.59. The van der Waals surface area contributed by atoms with Crippen LogP contribution in [0.4, 0.5) is 5.95 Å². The van der Waals surface area contributed by atoms with Crippen LogP contribution in [0.5, 0.6) is 0 Å². The fourth-order valence-corrected chi connectivity index (χ4v) is 4.28. The van der Waals surface area contributed by atoms with Crippen LogP contribution in [-0.4, -0.2) is 76.6 Å². The Morgan fingerprint density at radius 2 is 1.76 bits per heavy atom. The van der Waals surface area contributed by atoms with Crippen LogP contribution in [0, 0.1) is 0 Å². The minimum Gasteiger partial charge on any atom is -0.399 e. The number of aliphatic hydroxyl groups is 1. The topological polar surface area (TPSA) is 71.0 Å². The molecule has 2 saturated heterocycles. The molecule has 1 aromatic rings. The molecule has 7 nitrogen and oxygen atoms in total. The predicted molar refractivity (Wildman–Crippen MR) is 114 cm³/mol. The molecule has 2 aliphatic heterocycles. The summed E-state index contributed by atoms with van der Waals surface area (Å²) in [5.74, 6) is 0.794. The minimum absolute atomic E-state index is 0.221. The second kappa shape index (κ2) is 8.14. The Balaban J connectivity index is 1.46. The molecule has 1 N–H and O–H groups in total. The number of rotatable bonds is 7. The van der Waals surface area contributed by atoms with Gasteiger partial charge in [-0.1, -0.05) is 6.42 Å². The van der Waals surface area contributed by atoms with Gasteiger partial charge in [0, 0.05) is 43.0 Å². The Hall–Kier alpha value is -1.22. The molecule has 3 heterocycles. The summed E-state index contributed by atoms with van der Waals surface area (Å²) < 4.78 is 12.3. The molecule has 0 unspecified atom stereocenters. The number of aromatic nitrogens is 2.